The number of aromatic carboxylic acids is 1. The van der Waals surface area contributed by atoms with Crippen LogP contribution in [0.1, 0.15) is 92.6 Å². The molecule has 0 atom stereocenters. The first-order valence-electron chi connectivity index (χ1n) is 11.0. The zero-order valence-electron chi connectivity index (χ0n) is 18.4. The third-order valence-electron chi connectivity index (χ3n) is 6.48. The van der Waals surface area contributed by atoms with E-state index >= 15 is 0 Å². The zero-order chi connectivity index (χ0) is 25.2. The Morgan fingerprint density at radius 2 is 1.52 bits per heavy atom. The van der Waals surface area contributed by atoms with Crippen molar-refractivity contribution in [3.8, 4) is 0 Å². The summed E-state index contributed by atoms with van der Waals surface area (Å²) in [6.45, 7) is 1.48. The second-order valence-corrected chi connectivity index (χ2v) is 8.93. The van der Waals surface area contributed by atoms with E-state index in [4.69, 9.17) is 5.11 Å². The van der Waals surface area contributed by atoms with Gasteiger partial charge in [-0.15, -0.1) is 0 Å². The van der Waals surface area contributed by atoms with E-state index in [1.807, 2.05) is 6.92 Å². The smallest absolute Gasteiger partial charge is 0.382 e. The van der Waals surface area contributed by atoms with Crippen molar-refractivity contribution in [2.24, 2.45) is 5.92 Å². The summed E-state index contributed by atoms with van der Waals surface area (Å²) < 4.78 is 113. The van der Waals surface area contributed by atoms with E-state index in [1.54, 1.807) is 0 Å². The highest BCUT2D eigenvalue weighted by Gasteiger charge is 2.79. The molecule has 1 saturated carbocycles. The van der Waals surface area contributed by atoms with Crippen molar-refractivity contribution in [1.82, 2.24) is 0 Å². The van der Waals surface area contributed by atoms with Gasteiger partial charge in [0.2, 0.25) is 0 Å². The van der Waals surface area contributed by atoms with Crippen LogP contribution in [0.4, 0.5) is 35.1 Å². The zero-order valence-corrected chi connectivity index (χ0v) is 18.4. The molecular formula is C23H28F8O2. The lowest BCUT2D eigenvalue weighted by Gasteiger charge is -2.37. The van der Waals surface area contributed by atoms with Gasteiger partial charge in [0.15, 0.2) is 0 Å². The van der Waals surface area contributed by atoms with Crippen molar-refractivity contribution >= 4 is 5.97 Å². The monoisotopic (exact) mass is 488 g/mol. The van der Waals surface area contributed by atoms with Crippen LogP contribution in [-0.2, 0) is 5.92 Å². The Balaban J connectivity index is 2.46. The number of hydrogen-bond acceptors (Lipinski definition) is 1. The Morgan fingerprint density at radius 3 is 2.00 bits per heavy atom. The van der Waals surface area contributed by atoms with Gasteiger partial charge in [-0.1, -0.05) is 38.7 Å². The minimum absolute atomic E-state index is 0.197. The molecule has 0 unspecified atom stereocenters. The summed E-state index contributed by atoms with van der Waals surface area (Å²) in [6, 6.07) is 2.03. The number of benzene rings is 1. The highest BCUT2D eigenvalue weighted by Crippen LogP contribution is 2.57. The van der Waals surface area contributed by atoms with Gasteiger partial charge in [0.05, 0.1) is 5.56 Å². The Morgan fingerprint density at radius 1 is 0.939 bits per heavy atom. The van der Waals surface area contributed by atoms with Gasteiger partial charge in [-0.2, -0.15) is 35.1 Å². The molecule has 1 aromatic carbocycles. The quantitative estimate of drug-likeness (QED) is 0.266. The predicted octanol–water partition coefficient (Wildman–Crippen LogP) is 8.26. The van der Waals surface area contributed by atoms with Crippen LogP contribution >= 0.6 is 0 Å². The first-order valence-corrected chi connectivity index (χ1v) is 11.0. The number of alkyl halides is 8. The molecule has 1 N–H and O–H groups in total. The van der Waals surface area contributed by atoms with Gasteiger partial charge in [0.1, 0.15) is 0 Å². The molecular weight excluding hydrogens is 460 g/mol. The van der Waals surface area contributed by atoms with Crippen LogP contribution in [-0.4, -0.2) is 28.8 Å². The van der Waals surface area contributed by atoms with Gasteiger partial charge in [0, 0.05) is 12.5 Å². The molecule has 0 amide bonds. The number of carbonyl (C=O) groups is 1. The normalized spacial score (nSPS) is 20.7. The maximum absolute atomic E-state index is 14.9. The maximum Gasteiger partial charge on any atom is 0.382 e. The third-order valence-corrected chi connectivity index (χ3v) is 6.48. The summed E-state index contributed by atoms with van der Waals surface area (Å²) in [6.07, 6.45) is 5.85. The van der Waals surface area contributed by atoms with Crippen molar-refractivity contribution < 1.29 is 45.0 Å². The molecule has 0 heterocycles. The number of halogens is 8. The number of hydrogen-bond donors (Lipinski definition) is 1. The van der Waals surface area contributed by atoms with Gasteiger partial charge in [0.25, 0.3) is 0 Å². The highest BCUT2D eigenvalue weighted by atomic mass is 19.4. The highest BCUT2D eigenvalue weighted by molar-refractivity contribution is 5.88. The van der Waals surface area contributed by atoms with Gasteiger partial charge >= 0.3 is 29.7 Å². The third kappa shape index (κ3) is 5.29. The summed E-state index contributed by atoms with van der Waals surface area (Å²) in [5.74, 6) is -26.2. The fourth-order valence-corrected chi connectivity index (χ4v) is 4.40. The summed E-state index contributed by atoms with van der Waals surface area (Å²) >= 11 is 0. The number of carboxylic acid groups (broad SMARTS) is 1. The minimum atomic E-state index is -6.47. The van der Waals surface area contributed by atoms with Crippen LogP contribution in [0.3, 0.4) is 0 Å². The van der Waals surface area contributed by atoms with E-state index in [0.717, 1.165) is 37.8 Å². The lowest BCUT2D eigenvalue weighted by Crippen LogP contribution is -2.60. The second kappa shape index (κ2) is 9.78. The Hall–Kier alpha value is -1.87. The van der Waals surface area contributed by atoms with Crippen LogP contribution < -0.4 is 0 Å². The molecule has 0 radical (unpaired) electrons. The van der Waals surface area contributed by atoms with Crippen LogP contribution in [0.5, 0.6) is 0 Å². The molecule has 0 bridgehead atoms. The van der Waals surface area contributed by atoms with Crippen molar-refractivity contribution in [3.05, 3.63) is 34.9 Å². The van der Waals surface area contributed by atoms with Gasteiger partial charge in [-0.05, 0) is 55.2 Å². The lowest BCUT2D eigenvalue weighted by atomic mass is 9.74. The molecule has 33 heavy (non-hydrogen) atoms. The molecule has 2 nitrogen and oxygen atoms in total. The van der Waals surface area contributed by atoms with Crippen molar-refractivity contribution in [2.75, 3.05) is 0 Å². The Bertz CT molecular complexity index is 824. The fraction of sp³-hybridized carbons (Fsp3) is 0.696. The Kier molecular flexibility index (Phi) is 8.11. The average Bonchev–Trinajstić information content (AvgIpc) is 2.73. The fourth-order valence-electron chi connectivity index (χ4n) is 4.40. The minimum Gasteiger partial charge on any atom is -0.478 e. The summed E-state index contributed by atoms with van der Waals surface area (Å²) in [5.41, 5.74) is -2.89. The molecule has 1 aliphatic rings. The van der Waals surface area contributed by atoms with Gasteiger partial charge in [-0.3, -0.25) is 0 Å². The number of unbranched alkanes of at least 4 members (excludes halogenated alkanes) is 2. The molecule has 1 fully saturated rings. The number of rotatable bonds is 10. The molecule has 2 rings (SSSR count). The Labute approximate surface area is 187 Å². The van der Waals surface area contributed by atoms with E-state index in [1.165, 1.54) is 0 Å². The van der Waals surface area contributed by atoms with E-state index < -0.39 is 59.2 Å². The second-order valence-electron chi connectivity index (χ2n) is 8.93. The van der Waals surface area contributed by atoms with Crippen molar-refractivity contribution in [1.29, 1.82) is 0 Å². The van der Waals surface area contributed by atoms with Crippen LogP contribution in [0.25, 0.3) is 0 Å². The van der Waals surface area contributed by atoms with Crippen molar-refractivity contribution in [2.45, 2.75) is 94.8 Å². The number of carboxylic acids is 1. The molecule has 0 saturated heterocycles. The van der Waals surface area contributed by atoms with Gasteiger partial charge in [-0.25, -0.2) is 4.79 Å². The van der Waals surface area contributed by atoms with Crippen LogP contribution in [0.2, 0.25) is 0 Å². The standard InChI is InChI=1S/C23H28F8O2/c1-3-4-5-6-14-7-9-15(10-8-14)17-12-11-16(19(32)33)13-18(17)21(26,27)23(30,31)22(28,29)20(2,24)25/h11-15H,3-10H2,1-2H3,(H,32,33). The first-order chi connectivity index (χ1) is 15.1. The molecule has 10 heteroatoms. The molecule has 1 aromatic rings. The molecule has 0 spiro atoms. The van der Waals surface area contributed by atoms with Crippen LogP contribution in [0, 0.1) is 5.92 Å². The van der Waals surface area contributed by atoms with E-state index in [0.29, 0.717) is 31.6 Å². The summed E-state index contributed by atoms with van der Waals surface area (Å²) in [5, 5.41) is 9.11. The average molecular weight is 488 g/mol. The lowest BCUT2D eigenvalue weighted by molar-refractivity contribution is -0.366. The van der Waals surface area contributed by atoms with Gasteiger partial charge < -0.3 is 5.11 Å². The molecule has 0 aromatic heterocycles. The molecule has 1 aliphatic carbocycles. The SMILES string of the molecule is CCCCCC1CCC(c2ccc(C(=O)O)cc2C(F)(F)C(F)(F)C(F)(F)C(C)(F)F)CC1. The maximum atomic E-state index is 14.9. The summed E-state index contributed by atoms with van der Waals surface area (Å²) in [7, 11) is 0. The topological polar surface area (TPSA) is 37.3 Å². The molecule has 188 valence electrons. The van der Waals surface area contributed by atoms with Crippen LogP contribution in [0.15, 0.2) is 18.2 Å². The van der Waals surface area contributed by atoms with E-state index in [-0.39, 0.29) is 6.07 Å². The van der Waals surface area contributed by atoms with E-state index in [9.17, 15) is 39.9 Å². The predicted molar refractivity (Wildman–Crippen MR) is 107 cm³/mol. The van der Waals surface area contributed by atoms with Crippen molar-refractivity contribution in [3.63, 3.8) is 0 Å². The summed E-state index contributed by atoms with van der Waals surface area (Å²) in [4.78, 5) is 11.2. The largest absolute Gasteiger partial charge is 0.478 e. The van der Waals surface area contributed by atoms with E-state index in [2.05, 4.69) is 0 Å². The molecule has 0 aliphatic heterocycles. The first kappa shape index (κ1) is 27.4.